The maximum absolute atomic E-state index is 12.7. The number of nitrogen functional groups attached to an aromatic ring is 1. The third-order valence-corrected chi connectivity index (χ3v) is 4.82. The molecule has 29 heavy (non-hydrogen) atoms. The number of hydrogen-bond donors (Lipinski definition) is 2. The Hall–Kier alpha value is -3.64. The monoisotopic (exact) mass is 403 g/mol. The Kier molecular flexibility index (Phi) is 5.01. The molecule has 3 N–H and O–H groups in total. The van der Waals surface area contributed by atoms with Gasteiger partial charge in [0.1, 0.15) is 11.6 Å². The summed E-state index contributed by atoms with van der Waals surface area (Å²) in [5.41, 5.74) is 9.56. The van der Waals surface area contributed by atoms with Crippen molar-refractivity contribution in [3.63, 3.8) is 0 Å². The summed E-state index contributed by atoms with van der Waals surface area (Å²) in [6.07, 6.45) is 0. The molecular weight excluding hydrogens is 386 g/mol. The van der Waals surface area contributed by atoms with Gasteiger partial charge in [-0.25, -0.2) is 4.98 Å². The Bertz CT molecular complexity index is 1190. The van der Waals surface area contributed by atoms with Gasteiger partial charge in [-0.15, -0.1) is 0 Å². The van der Waals surface area contributed by atoms with Crippen molar-refractivity contribution < 1.29 is 4.79 Å². The van der Waals surface area contributed by atoms with Gasteiger partial charge in [0.05, 0.1) is 22.0 Å². The molecule has 0 saturated carbocycles. The second kappa shape index (κ2) is 7.77. The van der Waals surface area contributed by atoms with Gasteiger partial charge in [0.25, 0.3) is 5.91 Å². The highest BCUT2D eigenvalue weighted by Crippen LogP contribution is 2.31. The Balaban J connectivity index is 1.74. The van der Waals surface area contributed by atoms with Gasteiger partial charge in [-0.05, 0) is 30.3 Å². The third-order valence-electron chi connectivity index (χ3n) is 4.49. The molecule has 1 amide bonds. The van der Waals surface area contributed by atoms with E-state index in [1.54, 1.807) is 35.0 Å². The number of nitrogens with two attached hydrogens (primary N) is 1. The number of halogens is 1. The highest BCUT2D eigenvalue weighted by Gasteiger charge is 2.17. The van der Waals surface area contributed by atoms with E-state index in [0.29, 0.717) is 27.8 Å². The SMILES string of the molecule is Cn1nc(-c2ccccc2)cc1-c1ccc(N)nc1NC(=O)c1ccccc1Cl. The van der Waals surface area contributed by atoms with Crippen LogP contribution < -0.4 is 11.1 Å². The van der Waals surface area contributed by atoms with Crippen molar-refractivity contribution in [3.05, 3.63) is 83.4 Å². The molecule has 0 aliphatic heterocycles. The standard InChI is InChI=1S/C22H18ClN5O/c1-28-19(13-18(27-28)14-7-3-2-4-8-14)16-11-12-20(24)25-21(16)26-22(29)15-9-5-6-10-17(15)23/h2-13H,1H3,(H3,24,25,26,29). The Morgan fingerprint density at radius 3 is 2.52 bits per heavy atom. The van der Waals surface area contributed by atoms with E-state index in [0.717, 1.165) is 17.0 Å². The quantitative estimate of drug-likeness (QED) is 0.519. The first kappa shape index (κ1) is 18.7. The van der Waals surface area contributed by atoms with Crippen molar-refractivity contribution in [2.24, 2.45) is 7.05 Å². The van der Waals surface area contributed by atoms with Gasteiger partial charge in [0.2, 0.25) is 0 Å². The lowest BCUT2D eigenvalue weighted by molar-refractivity contribution is 0.102. The van der Waals surface area contributed by atoms with Crippen LogP contribution in [0.25, 0.3) is 22.5 Å². The van der Waals surface area contributed by atoms with Crippen LogP contribution in [0, 0.1) is 0 Å². The van der Waals surface area contributed by atoms with Crippen LogP contribution in [0.3, 0.4) is 0 Å². The van der Waals surface area contributed by atoms with Gasteiger partial charge in [-0.3, -0.25) is 9.48 Å². The number of hydrogen-bond acceptors (Lipinski definition) is 4. The lowest BCUT2D eigenvalue weighted by Gasteiger charge is -2.12. The third kappa shape index (κ3) is 3.83. The first-order chi connectivity index (χ1) is 14.0. The van der Waals surface area contributed by atoms with Crippen LogP contribution >= 0.6 is 11.6 Å². The molecule has 0 spiro atoms. The summed E-state index contributed by atoms with van der Waals surface area (Å²) in [6.45, 7) is 0. The summed E-state index contributed by atoms with van der Waals surface area (Å²) in [4.78, 5) is 17.1. The lowest BCUT2D eigenvalue weighted by Crippen LogP contribution is -2.15. The van der Waals surface area contributed by atoms with Gasteiger partial charge in [-0.2, -0.15) is 5.10 Å². The van der Waals surface area contributed by atoms with Crippen LogP contribution in [0.5, 0.6) is 0 Å². The summed E-state index contributed by atoms with van der Waals surface area (Å²) < 4.78 is 1.75. The fourth-order valence-electron chi connectivity index (χ4n) is 3.07. The molecule has 0 radical (unpaired) electrons. The predicted molar refractivity (Wildman–Crippen MR) is 116 cm³/mol. The van der Waals surface area contributed by atoms with Gasteiger partial charge >= 0.3 is 0 Å². The van der Waals surface area contributed by atoms with Crippen molar-refractivity contribution in [2.45, 2.75) is 0 Å². The fourth-order valence-corrected chi connectivity index (χ4v) is 3.29. The molecule has 7 heteroatoms. The van der Waals surface area contributed by atoms with E-state index in [4.69, 9.17) is 17.3 Å². The van der Waals surface area contributed by atoms with Crippen molar-refractivity contribution >= 4 is 29.1 Å². The summed E-state index contributed by atoms with van der Waals surface area (Å²) in [6, 6.07) is 22.2. The number of aryl methyl sites for hydroxylation is 1. The molecule has 6 nitrogen and oxygen atoms in total. The lowest BCUT2D eigenvalue weighted by atomic mass is 10.1. The maximum Gasteiger partial charge on any atom is 0.258 e. The van der Waals surface area contributed by atoms with Gasteiger partial charge in [-0.1, -0.05) is 54.1 Å². The van der Waals surface area contributed by atoms with Crippen molar-refractivity contribution in [3.8, 4) is 22.5 Å². The largest absolute Gasteiger partial charge is 0.384 e. The molecule has 0 unspecified atom stereocenters. The van der Waals surface area contributed by atoms with Gasteiger partial charge in [0, 0.05) is 18.2 Å². The second-order valence-electron chi connectivity index (χ2n) is 6.47. The average molecular weight is 404 g/mol. The number of aromatic nitrogens is 3. The minimum atomic E-state index is -0.361. The van der Waals surface area contributed by atoms with E-state index >= 15 is 0 Å². The molecule has 0 fully saturated rings. The highest BCUT2D eigenvalue weighted by atomic mass is 35.5. The van der Waals surface area contributed by atoms with Crippen LogP contribution in [-0.4, -0.2) is 20.7 Å². The second-order valence-corrected chi connectivity index (χ2v) is 6.88. The Labute approximate surface area is 173 Å². The van der Waals surface area contributed by atoms with Crippen LogP contribution in [0.2, 0.25) is 5.02 Å². The van der Waals surface area contributed by atoms with E-state index < -0.39 is 0 Å². The number of rotatable bonds is 4. The van der Waals surface area contributed by atoms with Crippen LogP contribution in [0.15, 0.2) is 72.8 Å². The number of anilines is 2. The van der Waals surface area contributed by atoms with E-state index in [2.05, 4.69) is 15.4 Å². The number of benzene rings is 2. The smallest absolute Gasteiger partial charge is 0.258 e. The molecule has 2 aromatic heterocycles. The molecule has 0 atom stereocenters. The van der Waals surface area contributed by atoms with Crippen molar-refractivity contribution in [1.82, 2.24) is 14.8 Å². The van der Waals surface area contributed by atoms with E-state index in [-0.39, 0.29) is 5.91 Å². The minimum Gasteiger partial charge on any atom is -0.384 e. The summed E-state index contributed by atoms with van der Waals surface area (Å²) in [5, 5.41) is 7.79. The average Bonchev–Trinajstić information content (AvgIpc) is 3.10. The molecule has 4 aromatic rings. The zero-order valence-electron chi connectivity index (χ0n) is 15.6. The molecule has 2 aromatic carbocycles. The molecule has 2 heterocycles. The number of amides is 1. The topological polar surface area (TPSA) is 85.8 Å². The van der Waals surface area contributed by atoms with E-state index in [1.165, 1.54) is 0 Å². The van der Waals surface area contributed by atoms with Crippen molar-refractivity contribution in [1.29, 1.82) is 0 Å². The predicted octanol–water partition coefficient (Wildman–Crippen LogP) is 4.64. The zero-order valence-corrected chi connectivity index (χ0v) is 16.4. The molecule has 144 valence electrons. The first-order valence-corrected chi connectivity index (χ1v) is 9.33. The molecule has 0 bridgehead atoms. The minimum absolute atomic E-state index is 0.300. The zero-order chi connectivity index (χ0) is 20.4. The van der Waals surface area contributed by atoms with Crippen molar-refractivity contribution in [2.75, 3.05) is 11.1 Å². The number of nitrogens with zero attached hydrogens (tertiary/aromatic N) is 3. The van der Waals surface area contributed by atoms with E-state index in [1.807, 2.05) is 49.5 Å². The molecule has 0 saturated heterocycles. The number of carbonyl (C=O) groups is 1. The Morgan fingerprint density at radius 2 is 1.76 bits per heavy atom. The van der Waals surface area contributed by atoms with Crippen LogP contribution in [-0.2, 0) is 7.05 Å². The number of carbonyl (C=O) groups excluding carboxylic acids is 1. The molecular formula is C22H18ClN5O. The molecule has 4 rings (SSSR count). The Morgan fingerprint density at radius 1 is 1.03 bits per heavy atom. The summed E-state index contributed by atoms with van der Waals surface area (Å²) in [7, 11) is 1.85. The van der Waals surface area contributed by atoms with E-state index in [9.17, 15) is 4.79 Å². The van der Waals surface area contributed by atoms with Crippen LogP contribution in [0.4, 0.5) is 11.6 Å². The maximum atomic E-state index is 12.7. The number of nitrogens with one attached hydrogen (secondary N) is 1. The molecule has 0 aliphatic rings. The summed E-state index contributed by atoms with van der Waals surface area (Å²) >= 11 is 6.15. The van der Waals surface area contributed by atoms with Gasteiger partial charge < -0.3 is 11.1 Å². The summed E-state index contributed by atoms with van der Waals surface area (Å²) in [5.74, 6) is 0.284. The fraction of sp³-hybridized carbons (Fsp3) is 0.0455. The van der Waals surface area contributed by atoms with Gasteiger partial charge in [0.15, 0.2) is 0 Å². The van der Waals surface area contributed by atoms with Crippen LogP contribution in [0.1, 0.15) is 10.4 Å². The molecule has 0 aliphatic carbocycles. The highest BCUT2D eigenvalue weighted by molar-refractivity contribution is 6.34. The first-order valence-electron chi connectivity index (χ1n) is 8.95. The number of pyridine rings is 1. The normalized spacial score (nSPS) is 10.7.